The zero-order valence-electron chi connectivity index (χ0n) is 16.8. The van der Waals surface area contributed by atoms with Crippen molar-refractivity contribution in [1.29, 1.82) is 0 Å². The molecule has 0 radical (unpaired) electrons. The lowest BCUT2D eigenvalue weighted by Crippen LogP contribution is -2.56. The first-order chi connectivity index (χ1) is 14.3. The molecule has 4 bridgehead atoms. The van der Waals surface area contributed by atoms with Gasteiger partial charge in [0.05, 0.1) is 10.3 Å². The highest BCUT2D eigenvalue weighted by atomic mass is 35.5. The number of anilines is 1. The second kappa shape index (κ2) is 7.22. The Morgan fingerprint density at radius 1 is 1.13 bits per heavy atom. The number of nitrogens with one attached hydrogen (secondary N) is 1. The van der Waals surface area contributed by atoms with E-state index >= 15 is 0 Å². The molecule has 30 heavy (non-hydrogen) atoms. The predicted molar refractivity (Wildman–Crippen MR) is 112 cm³/mol. The van der Waals surface area contributed by atoms with Crippen LogP contribution in [-0.2, 0) is 9.59 Å². The Labute approximate surface area is 180 Å². The zero-order valence-corrected chi connectivity index (χ0v) is 17.6. The first-order valence-corrected chi connectivity index (χ1v) is 11.3. The zero-order chi connectivity index (χ0) is 21.0. The van der Waals surface area contributed by atoms with Gasteiger partial charge in [-0.15, -0.1) is 0 Å². The standard InChI is InChI=1S/C22H26ClN3O4/c23-17-4-3-16(9-19(17)26(29)30)24-20(27)18-2-1-5-25(18)21(28)22-10-13-6-14(11-22)8-15(7-13)12-22/h3-4,9,13-15,18H,1-2,5-8,10-12H2,(H,24,27). The van der Waals surface area contributed by atoms with E-state index in [9.17, 15) is 19.7 Å². The quantitative estimate of drug-likeness (QED) is 0.565. The van der Waals surface area contributed by atoms with Gasteiger partial charge in [-0.1, -0.05) is 11.6 Å². The summed E-state index contributed by atoms with van der Waals surface area (Å²) in [6, 6.07) is 3.70. The van der Waals surface area contributed by atoms with Crippen LogP contribution >= 0.6 is 11.6 Å². The average Bonchev–Trinajstić information content (AvgIpc) is 3.17. The van der Waals surface area contributed by atoms with E-state index in [1.54, 1.807) is 11.0 Å². The van der Waals surface area contributed by atoms with Crippen molar-refractivity contribution in [3.05, 3.63) is 33.3 Å². The maximum Gasteiger partial charge on any atom is 0.289 e. The number of benzene rings is 1. The minimum atomic E-state index is -0.573. The minimum absolute atomic E-state index is 0.0254. The number of nitrogens with zero attached hydrogens (tertiary/aromatic N) is 2. The Balaban J connectivity index is 1.33. The molecule has 2 amide bonds. The lowest BCUT2D eigenvalue weighted by atomic mass is 9.49. The topological polar surface area (TPSA) is 92.5 Å². The van der Waals surface area contributed by atoms with E-state index in [2.05, 4.69) is 5.32 Å². The maximum atomic E-state index is 13.7. The van der Waals surface area contributed by atoms with Gasteiger partial charge in [0.25, 0.3) is 5.69 Å². The third-order valence-electron chi connectivity index (χ3n) is 7.72. The molecule has 1 aromatic carbocycles. The molecule has 160 valence electrons. The third-order valence-corrected chi connectivity index (χ3v) is 8.04. The van der Waals surface area contributed by atoms with Crippen molar-refractivity contribution >= 4 is 34.8 Å². The SMILES string of the molecule is O=C(Nc1ccc(Cl)c([N+](=O)[O-])c1)C1CCCN1C(=O)C12CC3CC(CC(C3)C1)C2. The van der Waals surface area contributed by atoms with Gasteiger partial charge in [-0.05, 0) is 81.3 Å². The number of carbonyl (C=O) groups excluding carboxylic acids is 2. The van der Waals surface area contributed by atoms with Crippen molar-refractivity contribution in [2.75, 3.05) is 11.9 Å². The van der Waals surface area contributed by atoms with Crippen LogP contribution in [0.2, 0.25) is 5.02 Å². The maximum absolute atomic E-state index is 13.7. The lowest BCUT2D eigenvalue weighted by molar-refractivity contribution is -0.384. The Kier molecular flexibility index (Phi) is 4.76. The van der Waals surface area contributed by atoms with Gasteiger partial charge in [-0.3, -0.25) is 19.7 Å². The van der Waals surface area contributed by atoms with Crippen LogP contribution in [0.25, 0.3) is 0 Å². The van der Waals surface area contributed by atoms with E-state index in [-0.39, 0.29) is 27.9 Å². The summed E-state index contributed by atoms with van der Waals surface area (Å²) in [5, 5.41) is 13.9. The molecule has 0 aromatic heterocycles. The average molecular weight is 432 g/mol. The summed E-state index contributed by atoms with van der Waals surface area (Å²) in [4.78, 5) is 39.1. The second-order valence-electron chi connectivity index (χ2n) is 9.77. The largest absolute Gasteiger partial charge is 0.330 e. The van der Waals surface area contributed by atoms with E-state index in [0.29, 0.717) is 36.4 Å². The molecule has 4 saturated carbocycles. The minimum Gasteiger partial charge on any atom is -0.330 e. The molecule has 5 aliphatic rings. The smallest absolute Gasteiger partial charge is 0.289 e. The number of hydrogen-bond acceptors (Lipinski definition) is 4. The van der Waals surface area contributed by atoms with E-state index in [1.165, 1.54) is 31.4 Å². The summed E-state index contributed by atoms with van der Waals surface area (Å²) in [6.07, 6.45) is 8.17. The van der Waals surface area contributed by atoms with Crippen molar-refractivity contribution in [3.63, 3.8) is 0 Å². The third kappa shape index (κ3) is 3.27. The number of hydrogen-bond donors (Lipinski definition) is 1. The van der Waals surface area contributed by atoms with Gasteiger partial charge < -0.3 is 10.2 Å². The highest BCUT2D eigenvalue weighted by Gasteiger charge is 2.56. The molecule has 5 fully saturated rings. The molecule has 1 unspecified atom stereocenters. The predicted octanol–water partition coefficient (Wildman–Crippen LogP) is 4.39. The van der Waals surface area contributed by atoms with Crippen LogP contribution < -0.4 is 5.32 Å². The van der Waals surface area contributed by atoms with Crippen LogP contribution in [-0.4, -0.2) is 34.2 Å². The Morgan fingerprint density at radius 2 is 1.77 bits per heavy atom. The van der Waals surface area contributed by atoms with Gasteiger partial charge in [-0.2, -0.15) is 0 Å². The number of nitro benzene ring substituents is 1. The van der Waals surface area contributed by atoms with Crippen LogP contribution in [0.4, 0.5) is 11.4 Å². The molecule has 1 N–H and O–H groups in total. The fourth-order valence-electron chi connectivity index (χ4n) is 6.92. The fourth-order valence-corrected chi connectivity index (χ4v) is 7.10. The first-order valence-electron chi connectivity index (χ1n) is 10.9. The first kappa shape index (κ1) is 19.8. The van der Waals surface area contributed by atoms with Crippen molar-refractivity contribution in [1.82, 2.24) is 4.90 Å². The highest BCUT2D eigenvalue weighted by molar-refractivity contribution is 6.32. The van der Waals surface area contributed by atoms with E-state index in [4.69, 9.17) is 11.6 Å². The molecule has 1 aliphatic heterocycles. The molecule has 1 atom stereocenters. The number of carbonyl (C=O) groups is 2. The molecule has 1 saturated heterocycles. The monoisotopic (exact) mass is 431 g/mol. The molecule has 8 heteroatoms. The van der Waals surface area contributed by atoms with Gasteiger partial charge in [0, 0.05) is 18.3 Å². The summed E-state index contributed by atoms with van der Waals surface area (Å²) < 4.78 is 0. The van der Waals surface area contributed by atoms with E-state index in [1.807, 2.05) is 0 Å². The second-order valence-corrected chi connectivity index (χ2v) is 10.2. The molecular weight excluding hydrogens is 406 g/mol. The number of likely N-dealkylation sites (tertiary alicyclic amines) is 1. The molecule has 4 aliphatic carbocycles. The molecule has 1 heterocycles. The summed E-state index contributed by atoms with van der Waals surface area (Å²) >= 11 is 5.86. The summed E-state index contributed by atoms with van der Waals surface area (Å²) in [7, 11) is 0. The number of amides is 2. The Morgan fingerprint density at radius 3 is 2.37 bits per heavy atom. The van der Waals surface area contributed by atoms with Crippen LogP contribution in [0.15, 0.2) is 18.2 Å². The number of rotatable bonds is 4. The van der Waals surface area contributed by atoms with Gasteiger partial charge in [0.15, 0.2) is 0 Å². The Bertz CT molecular complexity index is 882. The molecule has 1 aromatic rings. The van der Waals surface area contributed by atoms with Crippen LogP contribution in [0.3, 0.4) is 0 Å². The normalized spacial score (nSPS) is 34.2. The van der Waals surface area contributed by atoms with Gasteiger partial charge in [0.2, 0.25) is 11.8 Å². The van der Waals surface area contributed by atoms with Gasteiger partial charge in [-0.25, -0.2) is 0 Å². The van der Waals surface area contributed by atoms with Crippen LogP contribution in [0, 0.1) is 33.3 Å². The van der Waals surface area contributed by atoms with E-state index in [0.717, 1.165) is 25.7 Å². The van der Waals surface area contributed by atoms with E-state index < -0.39 is 11.0 Å². The summed E-state index contributed by atoms with van der Waals surface area (Å²) in [5.41, 5.74) is -0.191. The highest BCUT2D eigenvalue weighted by Crippen LogP contribution is 2.60. The number of halogens is 1. The van der Waals surface area contributed by atoms with Crippen molar-refractivity contribution in [2.45, 2.75) is 57.4 Å². The molecule has 0 spiro atoms. The van der Waals surface area contributed by atoms with Gasteiger partial charge in [0.1, 0.15) is 11.1 Å². The lowest BCUT2D eigenvalue weighted by Gasteiger charge is -2.56. The molecule has 7 nitrogen and oxygen atoms in total. The summed E-state index contributed by atoms with van der Waals surface area (Å²) in [6.45, 7) is 0.611. The van der Waals surface area contributed by atoms with Crippen molar-refractivity contribution in [3.8, 4) is 0 Å². The summed E-state index contributed by atoms with van der Waals surface area (Å²) in [5.74, 6) is 1.91. The van der Waals surface area contributed by atoms with Gasteiger partial charge >= 0.3 is 0 Å². The Hall–Kier alpha value is -2.15. The van der Waals surface area contributed by atoms with Crippen LogP contribution in [0.5, 0.6) is 0 Å². The molecule has 6 rings (SSSR count). The van der Waals surface area contributed by atoms with Crippen molar-refractivity contribution in [2.24, 2.45) is 23.2 Å². The molecular formula is C22H26ClN3O4. The van der Waals surface area contributed by atoms with Crippen LogP contribution in [0.1, 0.15) is 51.4 Å². The fraction of sp³-hybridized carbons (Fsp3) is 0.636. The number of nitro groups is 1. The van der Waals surface area contributed by atoms with Crippen molar-refractivity contribution < 1.29 is 14.5 Å².